The highest BCUT2D eigenvalue weighted by molar-refractivity contribution is 6.25. The normalized spacial score (nSPS) is 13.6. The standard InChI is InChI=1S/C34H35ClN2O2.C2H6/c1-3-5-11-24(4-2)14-9-20-36-33(38)26-16-18-28-29-19-17-27(23-31(29)32(35)30(28)22-26)34(39)37-21-10-15-25-12-7-6-8-13-25;1-2/h3-8,11-13,16-19,22-23,32H,1,9-10,14-15,20-21H2,2H3,(H,36,38)(H,37,39);1-2H3/b11-5-,24-4+;. The number of alkyl halides is 1. The molecule has 0 heterocycles. The van der Waals surface area contributed by atoms with E-state index in [1.807, 2.05) is 87.5 Å². The zero-order chi connectivity index (χ0) is 29.6. The number of carbonyl (C=O) groups excluding carboxylic acids is 2. The van der Waals surface area contributed by atoms with Crippen molar-refractivity contribution in [2.45, 2.75) is 51.8 Å². The number of carbonyl (C=O) groups is 2. The van der Waals surface area contributed by atoms with Crippen LogP contribution in [0.4, 0.5) is 0 Å². The van der Waals surface area contributed by atoms with Crippen LogP contribution in [0.5, 0.6) is 0 Å². The maximum Gasteiger partial charge on any atom is 0.251 e. The van der Waals surface area contributed by atoms with Gasteiger partial charge in [0.15, 0.2) is 0 Å². The van der Waals surface area contributed by atoms with Gasteiger partial charge in [-0.2, -0.15) is 0 Å². The van der Waals surface area contributed by atoms with E-state index in [1.54, 1.807) is 6.08 Å². The maximum absolute atomic E-state index is 12.8. The second kappa shape index (κ2) is 16.4. The molecule has 4 rings (SSSR count). The van der Waals surface area contributed by atoms with Gasteiger partial charge in [0.2, 0.25) is 0 Å². The maximum atomic E-state index is 12.8. The van der Waals surface area contributed by atoms with Gasteiger partial charge in [-0.15, -0.1) is 11.6 Å². The van der Waals surface area contributed by atoms with Crippen LogP contribution in [-0.2, 0) is 6.42 Å². The molecule has 1 aliphatic rings. The SMILES string of the molecule is C=C/C=C\C(=C/C)CCCNC(=O)c1ccc2c(c1)C(Cl)c1cc(C(=O)NCCCc3ccccc3)ccc1-2.CC. The summed E-state index contributed by atoms with van der Waals surface area (Å²) < 4.78 is 0. The van der Waals surface area contributed by atoms with Gasteiger partial charge in [0.1, 0.15) is 0 Å². The van der Waals surface area contributed by atoms with Crippen molar-refractivity contribution in [2.75, 3.05) is 13.1 Å². The summed E-state index contributed by atoms with van der Waals surface area (Å²) in [6.45, 7) is 10.9. The number of allylic oxidation sites excluding steroid dienone is 5. The fraction of sp³-hybridized carbons (Fsp3) is 0.278. The van der Waals surface area contributed by atoms with Crippen molar-refractivity contribution in [3.63, 3.8) is 0 Å². The monoisotopic (exact) mass is 568 g/mol. The van der Waals surface area contributed by atoms with Crippen LogP contribution in [0.15, 0.2) is 103 Å². The Balaban J connectivity index is 0.00000226. The zero-order valence-corrected chi connectivity index (χ0v) is 25.1. The average molecular weight is 569 g/mol. The van der Waals surface area contributed by atoms with Gasteiger partial charge in [-0.05, 0) is 84.7 Å². The number of benzene rings is 3. The van der Waals surface area contributed by atoms with E-state index in [4.69, 9.17) is 11.6 Å². The highest BCUT2D eigenvalue weighted by atomic mass is 35.5. The van der Waals surface area contributed by atoms with Crippen LogP contribution in [-0.4, -0.2) is 24.9 Å². The summed E-state index contributed by atoms with van der Waals surface area (Å²) in [6.07, 6.45) is 11.3. The Hall–Kier alpha value is -3.89. The molecule has 1 atom stereocenters. The minimum atomic E-state index is -0.414. The molecule has 0 saturated carbocycles. The minimum absolute atomic E-state index is 0.105. The molecule has 2 N–H and O–H groups in total. The molecule has 0 radical (unpaired) electrons. The lowest BCUT2D eigenvalue weighted by molar-refractivity contribution is 0.0945. The first kappa shape index (κ1) is 31.6. The summed E-state index contributed by atoms with van der Waals surface area (Å²) in [5.74, 6) is -0.219. The average Bonchev–Trinajstić information content (AvgIpc) is 3.30. The molecule has 2 amide bonds. The number of rotatable bonds is 12. The molecule has 0 fully saturated rings. The van der Waals surface area contributed by atoms with Gasteiger partial charge in [-0.25, -0.2) is 0 Å². The Labute approximate surface area is 250 Å². The van der Waals surface area contributed by atoms with E-state index in [0.717, 1.165) is 47.9 Å². The smallest absolute Gasteiger partial charge is 0.251 e. The third-order valence-electron chi connectivity index (χ3n) is 6.98. The van der Waals surface area contributed by atoms with E-state index in [0.29, 0.717) is 24.2 Å². The first-order valence-electron chi connectivity index (χ1n) is 14.5. The minimum Gasteiger partial charge on any atom is -0.352 e. The number of amides is 2. The lowest BCUT2D eigenvalue weighted by atomic mass is 10.0. The van der Waals surface area contributed by atoms with Gasteiger partial charge in [-0.3, -0.25) is 9.59 Å². The van der Waals surface area contributed by atoms with Gasteiger partial charge in [0.25, 0.3) is 11.8 Å². The van der Waals surface area contributed by atoms with E-state index >= 15 is 0 Å². The Bertz CT molecular complexity index is 1390. The Morgan fingerprint density at radius 3 is 1.95 bits per heavy atom. The Morgan fingerprint density at radius 1 is 0.854 bits per heavy atom. The topological polar surface area (TPSA) is 58.2 Å². The molecule has 214 valence electrons. The highest BCUT2D eigenvalue weighted by Gasteiger charge is 2.29. The molecule has 1 unspecified atom stereocenters. The summed E-state index contributed by atoms with van der Waals surface area (Å²) in [5.41, 5.74) is 7.45. The van der Waals surface area contributed by atoms with Crippen molar-refractivity contribution in [3.8, 4) is 11.1 Å². The molecule has 3 aromatic rings. The highest BCUT2D eigenvalue weighted by Crippen LogP contribution is 2.47. The predicted molar refractivity (Wildman–Crippen MR) is 173 cm³/mol. The van der Waals surface area contributed by atoms with Gasteiger partial charge >= 0.3 is 0 Å². The summed E-state index contributed by atoms with van der Waals surface area (Å²) >= 11 is 6.86. The van der Waals surface area contributed by atoms with E-state index < -0.39 is 5.38 Å². The molecule has 5 heteroatoms. The van der Waals surface area contributed by atoms with E-state index in [1.165, 1.54) is 11.1 Å². The quantitative estimate of drug-likeness (QED) is 0.131. The van der Waals surface area contributed by atoms with Gasteiger partial charge in [0, 0.05) is 24.2 Å². The van der Waals surface area contributed by atoms with Crippen LogP contribution in [0.1, 0.15) is 82.8 Å². The fourth-order valence-corrected chi connectivity index (χ4v) is 5.20. The van der Waals surface area contributed by atoms with Crippen LogP contribution in [0.3, 0.4) is 0 Å². The largest absolute Gasteiger partial charge is 0.352 e. The van der Waals surface area contributed by atoms with E-state index in [9.17, 15) is 9.59 Å². The first-order valence-corrected chi connectivity index (χ1v) is 14.9. The third kappa shape index (κ3) is 8.55. The second-order valence-electron chi connectivity index (χ2n) is 9.63. The van der Waals surface area contributed by atoms with E-state index in [-0.39, 0.29) is 11.8 Å². The van der Waals surface area contributed by atoms with Crippen LogP contribution >= 0.6 is 11.6 Å². The molecule has 41 heavy (non-hydrogen) atoms. The molecule has 4 nitrogen and oxygen atoms in total. The molecule has 3 aromatic carbocycles. The van der Waals surface area contributed by atoms with Crippen molar-refractivity contribution in [1.82, 2.24) is 10.6 Å². The van der Waals surface area contributed by atoms with Crippen molar-refractivity contribution < 1.29 is 9.59 Å². The molecular formula is C36H41ClN2O2. The summed E-state index contributed by atoms with van der Waals surface area (Å²) in [5, 5.41) is 5.62. The molecule has 0 spiro atoms. The van der Waals surface area contributed by atoms with Gasteiger partial charge in [0.05, 0.1) is 5.38 Å². The number of halogens is 1. The molecule has 0 aliphatic heterocycles. The molecule has 0 bridgehead atoms. The summed E-state index contributed by atoms with van der Waals surface area (Å²) in [7, 11) is 0. The summed E-state index contributed by atoms with van der Waals surface area (Å²) in [6, 6.07) is 21.6. The number of nitrogens with one attached hydrogen (secondary N) is 2. The Morgan fingerprint density at radius 2 is 1.41 bits per heavy atom. The van der Waals surface area contributed by atoms with Crippen LogP contribution < -0.4 is 10.6 Å². The van der Waals surface area contributed by atoms with Crippen molar-refractivity contribution >= 4 is 23.4 Å². The second-order valence-corrected chi connectivity index (χ2v) is 10.1. The van der Waals surface area contributed by atoms with Crippen LogP contribution in [0, 0.1) is 0 Å². The number of hydrogen-bond acceptors (Lipinski definition) is 2. The molecule has 1 aliphatic carbocycles. The molecule has 0 saturated heterocycles. The predicted octanol–water partition coefficient (Wildman–Crippen LogP) is 8.58. The number of aryl methyl sites for hydroxylation is 1. The van der Waals surface area contributed by atoms with Crippen LogP contribution in [0.25, 0.3) is 11.1 Å². The van der Waals surface area contributed by atoms with Crippen molar-refractivity contribution in [3.05, 3.63) is 131 Å². The Kier molecular flexibility index (Phi) is 12.6. The molecular weight excluding hydrogens is 528 g/mol. The van der Waals surface area contributed by atoms with E-state index in [2.05, 4.69) is 35.4 Å². The van der Waals surface area contributed by atoms with Crippen LogP contribution in [0.2, 0.25) is 0 Å². The third-order valence-corrected chi connectivity index (χ3v) is 7.45. The number of hydrogen-bond donors (Lipinski definition) is 2. The number of fused-ring (bicyclic) bond motifs is 3. The van der Waals surface area contributed by atoms with Crippen molar-refractivity contribution in [2.24, 2.45) is 0 Å². The first-order chi connectivity index (χ1) is 20.0. The van der Waals surface area contributed by atoms with Gasteiger partial charge < -0.3 is 10.6 Å². The van der Waals surface area contributed by atoms with Crippen molar-refractivity contribution in [1.29, 1.82) is 0 Å². The molecule has 0 aromatic heterocycles. The fourth-order valence-electron chi connectivity index (χ4n) is 4.84. The van der Waals surface area contributed by atoms with Gasteiger partial charge in [-0.1, -0.05) is 92.8 Å². The zero-order valence-electron chi connectivity index (χ0n) is 24.4. The summed E-state index contributed by atoms with van der Waals surface area (Å²) in [4.78, 5) is 25.6. The lowest BCUT2D eigenvalue weighted by Crippen LogP contribution is -2.24. The lowest BCUT2D eigenvalue weighted by Gasteiger charge is -2.09.